The molecule has 4 rings (SSSR count). The summed E-state index contributed by atoms with van der Waals surface area (Å²) < 4.78 is 28.6. The van der Waals surface area contributed by atoms with Gasteiger partial charge in [0.05, 0.1) is 28.5 Å². The van der Waals surface area contributed by atoms with Gasteiger partial charge in [0.15, 0.2) is 0 Å². The largest absolute Gasteiger partial charge is 0.333 e. The number of carbonyl (C=O) groups is 3. The zero-order chi connectivity index (χ0) is 24.5. The van der Waals surface area contributed by atoms with Gasteiger partial charge in [-0.15, -0.1) is 0 Å². The quantitative estimate of drug-likeness (QED) is 0.353. The predicted octanol–water partition coefficient (Wildman–Crippen LogP) is 3.20. The average Bonchev–Trinajstić information content (AvgIpc) is 3.24. The molecular weight excluding hydrogens is 498 g/mol. The smallest absolute Gasteiger partial charge is 0.307 e. The molecule has 0 bridgehead atoms. The van der Waals surface area contributed by atoms with Gasteiger partial charge in [0, 0.05) is 17.8 Å². The van der Waals surface area contributed by atoms with Gasteiger partial charge in [-0.3, -0.25) is 18.7 Å². The second kappa shape index (κ2) is 9.66. The Hall–Kier alpha value is -3.06. The first-order chi connectivity index (χ1) is 16.2. The lowest BCUT2D eigenvalue weighted by molar-refractivity contribution is -0.122. The number of nitrogens with one attached hydrogen (secondary N) is 1. The van der Waals surface area contributed by atoms with E-state index in [9.17, 15) is 22.8 Å². The molecule has 9 nitrogen and oxygen atoms in total. The second-order valence-corrected chi connectivity index (χ2v) is 10.6. The minimum atomic E-state index is -3.82. The number of thiocarbonyl (C=S) groups is 1. The van der Waals surface area contributed by atoms with Crippen molar-refractivity contribution < 1.29 is 27.0 Å². The summed E-state index contributed by atoms with van der Waals surface area (Å²) in [7, 11) is -3.82. The molecule has 4 amide bonds. The minimum absolute atomic E-state index is 0.0169. The summed E-state index contributed by atoms with van der Waals surface area (Å²) in [6.07, 6.45) is 0. The van der Waals surface area contributed by atoms with Gasteiger partial charge in [0.25, 0.3) is 21.9 Å². The van der Waals surface area contributed by atoms with Crippen LogP contribution in [-0.2, 0) is 23.9 Å². The molecule has 1 saturated heterocycles. The Bertz CT molecular complexity index is 1320. The summed E-state index contributed by atoms with van der Waals surface area (Å²) in [5.41, 5.74) is 1.30. The molecule has 12 heteroatoms. The van der Waals surface area contributed by atoms with Crippen LogP contribution in [0.3, 0.4) is 0 Å². The van der Waals surface area contributed by atoms with Crippen LogP contribution >= 0.6 is 24.0 Å². The van der Waals surface area contributed by atoms with Crippen molar-refractivity contribution in [2.75, 3.05) is 29.1 Å². The first kappa shape index (κ1) is 24.1. The maximum Gasteiger partial charge on any atom is 0.333 e. The van der Waals surface area contributed by atoms with E-state index in [1.54, 1.807) is 61.5 Å². The zero-order valence-electron chi connectivity index (χ0n) is 17.9. The van der Waals surface area contributed by atoms with Crippen molar-refractivity contribution in [1.29, 1.82) is 0 Å². The maximum atomic E-state index is 13.4. The van der Waals surface area contributed by atoms with Gasteiger partial charge in [0.1, 0.15) is 4.32 Å². The molecule has 176 valence electrons. The standard InChI is InChI=1S/C22H19N3O6S3/c1-2-31-34(29,30)13-12-24-20(27)18(33-22(24)32)17-15-10-6-7-11-16(15)25(19(17)26)21(28)23-14-8-4-3-5-9-14/h3-11H,2,12-13H2,1H3,(H,23,28). The van der Waals surface area contributed by atoms with Gasteiger partial charge in [-0.2, -0.15) is 8.42 Å². The summed E-state index contributed by atoms with van der Waals surface area (Å²) in [5.74, 6) is -1.70. The Labute approximate surface area is 205 Å². The number of fused-ring (bicyclic) bond motifs is 1. The number of thioether (sulfide) groups is 1. The van der Waals surface area contributed by atoms with Crippen molar-refractivity contribution in [3.63, 3.8) is 0 Å². The van der Waals surface area contributed by atoms with Crippen molar-refractivity contribution in [3.05, 3.63) is 65.1 Å². The number of benzene rings is 2. The van der Waals surface area contributed by atoms with Crippen molar-refractivity contribution in [1.82, 2.24) is 4.90 Å². The van der Waals surface area contributed by atoms with E-state index < -0.39 is 33.7 Å². The van der Waals surface area contributed by atoms with E-state index in [4.69, 9.17) is 16.4 Å². The SMILES string of the molecule is CCOS(=O)(=O)CCN1C(=O)C(=C2C(=O)N(C(=O)Nc3ccccc3)c3ccccc32)SC1=S. The molecule has 0 saturated carbocycles. The molecule has 0 atom stereocenters. The number of rotatable bonds is 6. The Kier molecular flexibility index (Phi) is 6.84. The van der Waals surface area contributed by atoms with Gasteiger partial charge in [-0.25, -0.2) is 9.69 Å². The van der Waals surface area contributed by atoms with Crippen molar-refractivity contribution in [2.24, 2.45) is 0 Å². The topological polar surface area (TPSA) is 113 Å². The number of carbonyl (C=O) groups excluding carboxylic acids is 3. The monoisotopic (exact) mass is 517 g/mol. The van der Waals surface area contributed by atoms with Crippen LogP contribution in [0.15, 0.2) is 59.5 Å². The normalized spacial score (nSPS) is 18.0. The van der Waals surface area contributed by atoms with Gasteiger partial charge >= 0.3 is 6.03 Å². The fourth-order valence-corrected chi connectivity index (χ4v) is 5.79. The van der Waals surface area contributed by atoms with E-state index in [0.29, 0.717) is 16.9 Å². The predicted molar refractivity (Wildman–Crippen MR) is 134 cm³/mol. The molecule has 0 radical (unpaired) electrons. The minimum Gasteiger partial charge on any atom is -0.307 e. The number of imide groups is 1. The number of urea groups is 1. The third-order valence-corrected chi connectivity index (χ3v) is 7.72. The van der Waals surface area contributed by atoms with Gasteiger partial charge in [-0.1, -0.05) is 60.4 Å². The van der Waals surface area contributed by atoms with Gasteiger partial charge < -0.3 is 5.32 Å². The zero-order valence-corrected chi connectivity index (χ0v) is 20.3. The van der Waals surface area contributed by atoms with Crippen molar-refractivity contribution in [2.45, 2.75) is 6.92 Å². The van der Waals surface area contributed by atoms with E-state index in [1.807, 2.05) is 0 Å². The van der Waals surface area contributed by atoms with E-state index in [2.05, 4.69) is 5.32 Å². The lowest BCUT2D eigenvalue weighted by Crippen LogP contribution is -2.37. The number of hydrogen-bond acceptors (Lipinski definition) is 8. The Morgan fingerprint density at radius 3 is 2.44 bits per heavy atom. The molecule has 0 unspecified atom stereocenters. The Morgan fingerprint density at radius 1 is 1.06 bits per heavy atom. The van der Waals surface area contributed by atoms with E-state index in [1.165, 1.54) is 0 Å². The second-order valence-electron chi connectivity index (χ2n) is 7.15. The van der Waals surface area contributed by atoms with Crippen LogP contribution < -0.4 is 10.2 Å². The maximum absolute atomic E-state index is 13.4. The van der Waals surface area contributed by atoms with Crippen LogP contribution in [0.2, 0.25) is 0 Å². The Morgan fingerprint density at radius 2 is 1.74 bits per heavy atom. The van der Waals surface area contributed by atoms with E-state index in [-0.39, 0.29) is 28.0 Å². The van der Waals surface area contributed by atoms with Crippen LogP contribution in [0.5, 0.6) is 0 Å². The molecule has 1 fully saturated rings. The highest BCUT2D eigenvalue weighted by Gasteiger charge is 2.44. The Balaban J connectivity index is 1.65. The lowest BCUT2D eigenvalue weighted by Gasteiger charge is -2.16. The number of para-hydroxylation sites is 2. The number of nitrogens with zero attached hydrogens (tertiary/aromatic N) is 2. The highest BCUT2D eigenvalue weighted by Crippen LogP contribution is 2.44. The van der Waals surface area contributed by atoms with Gasteiger partial charge in [-0.05, 0) is 25.1 Å². The van der Waals surface area contributed by atoms with Gasteiger partial charge in [0.2, 0.25) is 0 Å². The molecule has 2 aromatic rings. The molecule has 0 aromatic heterocycles. The van der Waals surface area contributed by atoms with Crippen LogP contribution in [0.4, 0.5) is 16.2 Å². The highest BCUT2D eigenvalue weighted by atomic mass is 32.2. The van der Waals surface area contributed by atoms with Crippen LogP contribution in [0.1, 0.15) is 12.5 Å². The summed E-state index contributed by atoms with van der Waals surface area (Å²) in [6, 6.07) is 14.6. The molecule has 2 aromatic carbocycles. The lowest BCUT2D eigenvalue weighted by atomic mass is 10.1. The van der Waals surface area contributed by atoms with Crippen LogP contribution in [0.25, 0.3) is 5.57 Å². The van der Waals surface area contributed by atoms with Crippen molar-refractivity contribution in [3.8, 4) is 0 Å². The fraction of sp³-hybridized carbons (Fsp3) is 0.182. The highest BCUT2D eigenvalue weighted by molar-refractivity contribution is 8.26. The molecule has 2 aliphatic rings. The summed E-state index contributed by atoms with van der Waals surface area (Å²) in [4.78, 5) is 41.7. The molecule has 0 spiro atoms. The molecule has 2 heterocycles. The summed E-state index contributed by atoms with van der Waals surface area (Å²) >= 11 is 6.18. The molecular formula is C22H19N3O6S3. The third-order valence-electron chi connectivity index (χ3n) is 5.00. The molecule has 1 N–H and O–H groups in total. The van der Waals surface area contributed by atoms with Crippen molar-refractivity contribution >= 4 is 73.2 Å². The number of anilines is 2. The van der Waals surface area contributed by atoms with E-state index in [0.717, 1.165) is 21.6 Å². The average molecular weight is 518 g/mol. The third kappa shape index (κ3) is 4.62. The van der Waals surface area contributed by atoms with Crippen LogP contribution in [-0.4, -0.2) is 54.4 Å². The first-order valence-corrected chi connectivity index (χ1v) is 13.0. The number of amides is 4. The fourth-order valence-electron chi connectivity index (χ4n) is 3.52. The first-order valence-electron chi connectivity index (χ1n) is 10.2. The number of hydrogen-bond donors (Lipinski definition) is 1. The molecule has 0 aliphatic carbocycles. The molecule has 34 heavy (non-hydrogen) atoms. The summed E-state index contributed by atoms with van der Waals surface area (Å²) in [5, 5.41) is 2.68. The van der Waals surface area contributed by atoms with E-state index >= 15 is 0 Å². The van der Waals surface area contributed by atoms with Crippen LogP contribution in [0, 0.1) is 0 Å². The molecule has 2 aliphatic heterocycles. The summed E-state index contributed by atoms with van der Waals surface area (Å²) in [6.45, 7) is 1.32.